The summed E-state index contributed by atoms with van der Waals surface area (Å²) in [7, 11) is 2.22. The van der Waals surface area contributed by atoms with Gasteiger partial charge in [0, 0.05) is 31.9 Å². The molecule has 0 saturated carbocycles. The van der Waals surface area contributed by atoms with Crippen LogP contribution in [0.1, 0.15) is 46.1 Å². The van der Waals surface area contributed by atoms with Crippen molar-refractivity contribution in [3.63, 3.8) is 0 Å². The third-order valence-corrected chi connectivity index (χ3v) is 4.48. The van der Waals surface area contributed by atoms with Crippen LogP contribution in [0.25, 0.3) is 0 Å². The number of hydrogen-bond acceptors (Lipinski definition) is 2. The number of benzene rings is 1. The van der Waals surface area contributed by atoms with E-state index in [0.717, 1.165) is 13.1 Å². The Labute approximate surface area is 125 Å². The van der Waals surface area contributed by atoms with E-state index in [4.69, 9.17) is 0 Å². The minimum atomic E-state index is 0.349. The summed E-state index contributed by atoms with van der Waals surface area (Å²) < 4.78 is 0. The average molecular weight is 276 g/mol. The molecule has 0 amide bonds. The largest absolute Gasteiger partial charge is 0.374 e. The van der Waals surface area contributed by atoms with Crippen LogP contribution in [0.5, 0.6) is 0 Å². The Morgan fingerprint density at radius 3 is 2.25 bits per heavy atom. The zero-order valence-corrected chi connectivity index (χ0v) is 14.2. The highest BCUT2D eigenvalue weighted by atomic mass is 15.1. The molecule has 0 spiro atoms. The molecule has 0 unspecified atom stereocenters. The second-order valence-corrected chi connectivity index (χ2v) is 6.39. The van der Waals surface area contributed by atoms with Crippen LogP contribution in [0.2, 0.25) is 0 Å². The molecule has 2 nitrogen and oxygen atoms in total. The Kier molecular flexibility index (Phi) is 6.54. The Balaban J connectivity index is 2.81. The van der Waals surface area contributed by atoms with Crippen molar-refractivity contribution in [3.05, 3.63) is 29.8 Å². The maximum atomic E-state index is 3.63. The molecule has 20 heavy (non-hydrogen) atoms. The molecule has 114 valence electrons. The van der Waals surface area contributed by atoms with Gasteiger partial charge in [-0.3, -0.25) is 0 Å². The first-order chi connectivity index (χ1) is 9.44. The van der Waals surface area contributed by atoms with E-state index in [2.05, 4.69) is 76.1 Å². The molecule has 1 N–H and O–H groups in total. The van der Waals surface area contributed by atoms with Gasteiger partial charge >= 0.3 is 0 Å². The van der Waals surface area contributed by atoms with Crippen molar-refractivity contribution < 1.29 is 0 Å². The average Bonchev–Trinajstić information content (AvgIpc) is 2.43. The van der Waals surface area contributed by atoms with Crippen molar-refractivity contribution in [2.24, 2.45) is 5.41 Å². The molecule has 0 aliphatic carbocycles. The predicted molar refractivity (Wildman–Crippen MR) is 90.6 cm³/mol. The van der Waals surface area contributed by atoms with Crippen molar-refractivity contribution >= 4 is 5.69 Å². The molecule has 0 atom stereocenters. The Morgan fingerprint density at radius 2 is 1.75 bits per heavy atom. The number of nitrogens with one attached hydrogen (secondary N) is 1. The third-order valence-electron chi connectivity index (χ3n) is 4.48. The standard InChI is InChI=1S/C18H32N2/c1-7-18(8-2,13-19-15(3)4)14-20(6)17-12-10-9-11-16(17)5/h9-12,15,19H,7-8,13-14H2,1-6H3. The van der Waals surface area contributed by atoms with Gasteiger partial charge in [-0.2, -0.15) is 0 Å². The van der Waals surface area contributed by atoms with Crippen molar-refractivity contribution in [1.82, 2.24) is 5.32 Å². The zero-order chi connectivity index (χ0) is 15.2. The number of nitrogens with zero attached hydrogens (tertiary/aromatic N) is 1. The summed E-state index contributed by atoms with van der Waals surface area (Å²) in [5.74, 6) is 0. The summed E-state index contributed by atoms with van der Waals surface area (Å²) in [6, 6.07) is 9.21. The van der Waals surface area contributed by atoms with E-state index in [1.807, 2.05) is 0 Å². The smallest absolute Gasteiger partial charge is 0.0393 e. The number of hydrogen-bond donors (Lipinski definition) is 1. The Morgan fingerprint density at radius 1 is 1.15 bits per heavy atom. The van der Waals surface area contributed by atoms with E-state index in [0.29, 0.717) is 11.5 Å². The van der Waals surface area contributed by atoms with Gasteiger partial charge in [0.2, 0.25) is 0 Å². The maximum absolute atomic E-state index is 3.63. The monoisotopic (exact) mass is 276 g/mol. The van der Waals surface area contributed by atoms with Crippen molar-refractivity contribution in [1.29, 1.82) is 0 Å². The predicted octanol–water partition coefficient (Wildman–Crippen LogP) is 4.24. The van der Waals surface area contributed by atoms with Gasteiger partial charge in [-0.05, 0) is 36.8 Å². The molecule has 2 heteroatoms. The van der Waals surface area contributed by atoms with E-state index < -0.39 is 0 Å². The number of para-hydroxylation sites is 1. The molecular formula is C18H32N2. The van der Waals surface area contributed by atoms with Gasteiger partial charge in [-0.15, -0.1) is 0 Å². The van der Waals surface area contributed by atoms with Crippen molar-refractivity contribution in [2.75, 3.05) is 25.0 Å². The first kappa shape index (κ1) is 17.0. The van der Waals surface area contributed by atoms with Crippen LogP contribution < -0.4 is 10.2 Å². The fraction of sp³-hybridized carbons (Fsp3) is 0.667. The van der Waals surface area contributed by atoms with Crippen molar-refractivity contribution in [3.8, 4) is 0 Å². The fourth-order valence-electron chi connectivity index (χ4n) is 2.78. The summed E-state index contributed by atoms with van der Waals surface area (Å²) >= 11 is 0. The topological polar surface area (TPSA) is 15.3 Å². The van der Waals surface area contributed by atoms with Crippen LogP contribution in [-0.2, 0) is 0 Å². The van der Waals surface area contributed by atoms with Gasteiger partial charge in [-0.1, -0.05) is 45.9 Å². The van der Waals surface area contributed by atoms with Crippen LogP contribution in [0.15, 0.2) is 24.3 Å². The van der Waals surface area contributed by atoms with Crippen molar-refractivity contribution in [2.45, 2.75) is 53.5 Å². The second kappa shape index (κ2) is 7.68. The van der Waals surface area contributed by atoms with Gasteiger partial charge in [0.05, 0.1) is 0 Å². The molecule has 0 saturated heterocycles. The number of anilines is 1. The van der Waals surface area contributed by atoms with E-state index in [9.17, 15) is 0 Å². The van der Waals surface area contributed by atoms with Crippen LogP contribution in [-0.4, -0.2) is 26.2 Å². The lowest BCUT2D eigenvalue weighted by atomic mass is 9.81. The summed E-state index contributed by atoms with van der Waals surface area (Å²) in [5, 5.41) is 3.63. The highest BCUT2D eigenvalue weighted by Crippen LogP contribution is 2.29. The molecule has 1 aromatic rings. The van der Waals surface area contributed by atoms with E-state index >= 15 is 0 Å². The highest BCUT2D eigenvalue weighted by Gasteiger charge is 2.28. The molecule has 0 aliphatic heterocycles. The summed E-state index contributed by atoms with van der Waals surface area (Å²) in [5.41, 5.74) is 3.05. The first-order valence-corrected chi connectivity index (χ1v) is 7.94. The molecule has 1 aromatic carbocycles. The van der Waals surface area contributed by atoms with Gasteiger partial charge in [0.1, 0.15) is 0 Å². The van der Waals surface area contributed by atoms with Crippen LogP contribution in [0.3, 0.4) is 0 Å². The van der Waals surface area contributed by atoms with Gasteiger partial charge < -0.3 is 10.2 Å². The van der Waals surface area contributed by atoms with Crippen LogP contribution in [0, 0.1) is 12.3 Å². The lowest BCUT2D eigenvalue weighted by molar-refractivity contribution is 0.248. The second-order valence-electron chi connectivity index (χ2n) is 6.39. The SMILES string of the molecule is CCC(CC)(CNC(C)C)CN(C)c1ccccc1C. The van der Waals surface area contributed by atoms with Crippen LogP contribution >= 0.6 is 0 Å². The van der Waals surface area contributed by atoms with Gasteiger partial charge in [-0.25, -0.2) is 0 Å². The molecule has 0 bridgehead atoms. The van der Waals surface area contributed by atoms with E-state index in [-0.39, 0.29) is 0 Å². The highest BCUT2D eigenvalue weighted by molar-refractivity contribution is 5.52. The lowest BCUT2D eigenvalue weighted by Crippen LogP contribution is -2.44. The normalized spacial score (nSPS) is 11.9. The van der Waals surface area contributed by atoms with Gasteiger partial charge in [0.25, 0.3) is 0 Å². The molecular weight excluding hydrogens is 244 g/mol. The molecule has 0 radical (unpaired) electrons. The fourth-order valence-corrected chi connectivity index (χ4v) is 2.78. The number of aryl methyl sites for hydroxylation is 1. The Bertz CT molecular complexity index is 394. The zero-order valence-electron chi connectivity index (χ0n) is 14.2. The first-order valence-electron chi connectivity index (χ1n) is 7.94. The maximum Gasteiger partial charge on any atom is 0.0393 e. The number of rotatable bonds is 8. The summed E-state index contributed by atoms with van der Waals surface area (Å²) in [6.45, 7) is 13.5. The Hall–Kier alpha value is -1.02. The summed E-state index contributed by atoms with van der Waals surface area (Å²) in [4.78, 5) is 2.42. The molecule has 0 fully saturated rings. The quantitative estimate of drug-likeness (QED) is 0.764. The molecule has 0 aromatic heterocycles. The minimum Gasteiger partial charge on any atom is -0.374 e. The molecule has 0 aliphatic rings. The minimum absolute atomic E-state index is 0.349. The van der Waals surface area contributed by atoms with Gasteiger partial charge in [0.15, 0.2) is 0 Å². The molecule has 0 heterocycles. The third kappa shape index (κ3) is 4.52. The lowest BCUT2D eigenvalue weighted by Gasteiger charge is -2.38. The van der Waals surface area contributed by atoms with E-state index in [1.165, 1.54) is 24.1 Å². The van der Waals surface area contributed by atoms with E-state index in [1.54, 1.807) is 0 Å². The van der Waals surface area contributed by atoms with Crippen LogP contribution in [0.4, 0.5) is 5.69 Å². The molecule has 1 rings (SSSR count). The summed E-state index contributed by atoms with van der Waals surface area (Å²) in [6.07, 6.45) is 2.42.